The molecule has 1 aliphatic rings. The van der Waals surface area contributed by atoms with Crippen LogP contribution in [-0.2, 0) is 22.6 Å². The van der Waals surface area contributed by atoms with Crippen molar-refractivity contribution in [3.63, 3.8) is 0 Å². The normalized spacial score (nSPS) is 21.3. The number of alkyl halides is 3. The van der Waals surface area contributed by atoms with Crippen LogP contribution in [0.1, 0.15) is 30.3 Å². The molecule has 1 aromatic rings. The maximum Gasteiger partial charge on any atom is 0.408 e. The van der Waals surface area contributed by atoms with Crippen molar-refractivity contribution in [3.8, 4) is 0 Å². The van der Waals surface area contributed by atoms with E-state index in [1.54, 1.807) is 13.8 Å². The van der Waals surface area contributed by atoms with Crippen molar-refractivity contribution in [2.24, 2.45) is 5.41 Å². The lowest BCUT2D eigenvalue weighted by atomic mass is 9.90. The molecule has 0 radical (unpaired) electrons. The van der Waals surface area contributed by atoms with Gasteiger partial charge in [0.2, 0.25) is 5.91 Å². The minimum Gasteiger partial charge on any atom is -0.481 e. The molecule has 1 unspecified atom stereocenters. The fraction of sp³-hybridized carbons (Fsp3) is 0.667. The van der Waals surface area contributed by atoms with E-state index in [-0.39, 0.29) is 18.9 Å². The summed E-state index contributed by atoms with van der Waals surface area (Å²) < 4.78 is 38.5. The maximum absolute atomic E-state index is 12.5. The average molecular weight is 347 g/mol. The fourth-order valence-electron chi connectivity index (χ4n) is 2.93. The molecule has 2 heterocycles. The summed E-state index contributed by atoms with van der Waals surface area (Å²) in [6.45, 7) is 3.88. The van der Waals surface area contributed by atoms with Gasteiger partial charge in [-0.3, -0.25) is 14.3 Å². The number of aliphatic carboxylic acids is 1. The van der Waals surface area contributed by atoms with Crippen molar-refractivity contribution in [1.82, 2.24) is 14.7 Å². The highest BCUT2D eigenvalue weighted by atomic mass is 19.4. The second kappa shape index (κ2) is 6.10. The number of carbonyl (C=O) groups excluding carboxylic acids is 1. The summed E-state index contributed by atoms with van der Waals surface area (Å²) >= 11 is 0. The van der Waals surface area contributed by atoms with Crippen LogP contribution in [0.15, 0.2) is 0 Å². The van der Waals surface area contributed by atoms with Gasteiger partial charge in [0.25, 0.3) is 0 Å². The molecule has 134 valence electrons. The van der Waals surface area contributed by atoms with E-state index in [1.165, 1.54) is 11.8 Å². The van der Waals surface area contributed by atoms with Crippen LogP contribution in [0.2, 0.25) is 0 Å². The molecule has 1 atom stereocenters. The van der Waals surface area contributed by atoms with Crippen LogP contribution < -0.4 is 0 Å². The smallest absolute Gasteiger partial charge is 0.408 e. The first-order valence-corrected chi connectivity index (χ1v) is 7.54. The largest absolute Gasteiger partial charge is 0.481 e. The van der Waals surface area contributed by atoms with Crippen LogP contribution in [0.3, 0.4) is 0 Å². The lowest BCUT2D eigenvalue weighted by molar-refractivity contribution is -0.147. The van der Waals surface area contributed by atoms with Gasteiger partial charge < -0.3 is 10.0 Å². The van der Waals surface area contributed by atoms with Crippen LogP contribution in [0.4, 0.5) is 13.2 Å². The minimum absolute atomic E-state index is 0.0782. The van der Waals surface area contributed by atoms with Crippen molar-refractivity contribution in [1.29, 1.82) is 0 Å². The Morgan fingerprint density at radius 2 is 1.96 bits per heavy atom. The molecule has 24 heavy (non-hydrogen) atoms. The predicted octanol–water partition coefficient (Wildman–Crippen LogP) is 1.93. The van der Waals surface area contributed by atoms with Gasteiger partial charge in [0.05, 0.1) is 17.5 Å². The Bertz CT molecular complexity index is 669. The quantitative estimate of drug-likeness (QED) is 0.903. The summed E-state index contributed by atoms with van der Waals surface area (Å²) in [5.74, 6) is -1.25. The lowest BCUT2D eigenvalue weighted by Crippen LogP contribution is -2.35. The molecule has 9 heteroatoms. The summed E-state index contributed by atoms with van der Waals surface area (Å²) in [7, 11) is 0. The van der Waals surface area contributed by atoms with Crippen LogP contribution in [0.5, 0.6) is 0 Å². The topological polar surface area (TPSA) is 75.4 Å². The molecule has 0 bridgehead atoms. The van der Waals surface area contributed by atoms with E-state index >= 15 is 0 Å². The molecule has 0 saturated carbocycles. The first-order valence-electron chi connectivity index (χ1n) is 7.54. The number of hydrogen-bond acceptors (Lipinski definition) is 3. The number of carbonyl (C=O) groups is 2. The monoisotopic (exact) mass is 347 g/mol. The number of aryl methyl sites for hydroxylation is 1. The number of hydrogen-bond donors (Lipinski definition) is 1. The van der Waals surface area contributed by atoms with E-state index in [2.05, 4.69) is 5.10 Å². The van der Waals surface area contributed by atoms with E-state index < -0.39 is 24.1 Å². The molecule has 0 aromatic carbocycles. The third kappa shape index (κ3) is 3.70. The predicted molar refractivity (Wildman–Crippen MR) is 78.4 cm³/mol. The number of likely N-dealkylation sites (tertiary alicyclic amines) is 1. The number of aromatic nitrogens is 2. The van der Waals surface area contributed by atoms with E-state index in [9.17, 15) is 27.9 Å². The van der Waals surface area contributed by atoms with Crippen LogP contribution in [0.25, 0.3) is 0 Å². The maximum atomic E-state index is 12.5. The van der Waals surface area contributed by atoms with Gasteiger partial charge >= 0.3 is 12.1 Å². The average Bonchev–Trinajstić information content (AvgIpc) is 2.95. The van der Waals surface area contributed by atoms with Gasteiger partial charge in [-0.05, 0) is 27.2 Å². The van der Waals surface area contributed by atoms with E-state index in [0.29, 0.717) is 29.9 Å². The highest BCUT2D eigenvalue weighted by molar-refractivity contribution is 5.82. The second-order valence-electron chi connectivity index (χ2n) is 6.53. The van der Waals surface area contributed by atoms with Gasteiger partial charge in [0.15, 0.2) is 0 Å². The molecule has 6 nitrogen and oxygen atoms in total. The Morgan fingerprint density at radius 3 is 2.46 bits per heavy atom. The van der Waals surface area contributed by atoms with E-state index in [4.69, 9.17) is 0 Å². The van der Waals surface area contributed by atoms with Crippen LogP contribution in [-0.4, -0.2) is 50.9 Å². The summed E-state index contributed by atoms with van der Waals surface area (Å²) in [5.41, 5.74) is 0.178. The Kier molecular flexibility index (Phi) is 4.65. The van der Waals surface area contributed by atoms with Gasteiger partial charge in [-0.1, -0.05) is 0 Å². The number of nitrogens with zero attached hydrogens (tertiary/aromatic N) is 3. The molecule has 1 aliphatic heterocycles. The van der Waals surface area contributed by atoms with Crippen molar-refractivity contribution in [3.05, 3.63) is 17.0 Å². The zero-order valence-electron chi connectivity index (χ0n) is 13.8. The summed E-state index contributed by atoms with van der Waals surface area (Å²) in [4.78, 5) is 25.1. The first-order chi connectivity index (χ1) is 10.9. The SMILES string of the molecule is Cc1nn(CC(F)(F)F)c(C)c1CC(=O)N1CCC(C)(C(=O)O)C1. The summed E-state index contributed by atoms with van der Waals surface area (Å²) in [5, 5.41) is 13.1. The second-order valence-corrected chi connectivity index (χ2v) is 6.53. The Labute approximate surface area is 137 Å². The van der Waals surface area contributed by atoms with Gasteiger partial charge in [-0.2, -0.15) is 18.3 Å². The highest BCUT2D eigenvalue weighted by Crippen LogP contribution is 2.31. The molecule has 1 fully saturated rings. The summed E-state index contributed by atoms with van der Waals surface area (Å²) in [6.07, 6.45) is -4.10. The summed E-state index contributed by atoms with van der Waals surface area (Å²) in [6, 6.07) is 0. The Morgan fingerprint density at radius 1 is 1.33 bits per heavy atom. The number of amides is 1. The third-order valence-corrected chi connectivity index (χ3v) is 4.53. The van der Waals surface area contributed by atoms with Gasteiger partial charge in [0.1, 0.15) is 6.54 Å². The lowest BCUT2D eigenvalue weighted by Gasteiger charge is -2.20. The van der Waals surface area contributed by atoms with Crippen molar-refractivity contribution >= 4 is 11.9 Å². The molecule has 0 aliphatic carbocycles. The number of halogens is 3. The third-order valence-electron chi connectivity index (χ3n) is 4.53. The molecular weight excluding hydrogens is 327 g/mol. The van der Waals surface area contributed by atoms with Gasteiger partial charge in [-0.15, -0.1) is 0 Å². The Balaban J connectivity index is 2.12. The van der Waals surface area contributed by atoms with Crippen LogP contribution >= 0.6 is 0 Å². The van der Waals surface area contributed by atoms with Gasteiger partial charge in [-0.25, -0.2) is 0 Å². The minimum atomic E-state index is -4.39. The van der Waals surface area contributed by atoms with Crippen LogP contribution in [0, 0.1) is 19.3 Å². The number of rotatable bonds is 4. The standard InChI is InChI=1S/C15H20F3N3O3/c1-9-11(10(2)21(19-9)8-15(16,17)18)6-12(22)20-5-4-14(3,7-20)13(23)24/h4-8H2,1-3H3,(H,23,24). The zero-order chi connectivity index (χ0) is 18.3. The van der Waals surface area contributed by atoms with Gasteiger partial charge in [0, 0.05) is 24.3 Å². The molecule has 2 rings (SSSR count). The first kappa shape index (κ1) is 18.3. The number of carboxylic acid groups (broad SMARTS) is 1. The van der Waals surface area contributed by atoms with Crippen molar-refractivity contribution in [2.75, 3.05) is 13.1 Å². The molecule has 1 N–H and O–H groups in total. The molecule has 1 saturated heterocycles. The number of carboxylic acids is 1. The highest BCUT2D eigenvalue weighted by Gasteiger charge is 2.42. The van der Waals surface area contributed by atoms with Crippen molar-refractivity contribution < 1.29 is 27.9 Å². The Hall–Kier alpha value is -2.06. The zero-order valence-corrected chi connectivity index (χ0v) is 13.8. The molecular formula is C15H20F3N3O3. The van der Waals surface area contributed by atoms with Crippen molar-refractivity contribution in [2.45, 2.75) is 46.3 Å². The molecule has 0 spiro atoms. The fourth-order valence-corrected chi connectivity index (χ4v) is 2.93. The molecule has 1 amide bonds. The van der Waals surface area contributed by atoms with E-state index in [0.717, 1.165) is 4.68 Å². The van der Waals surface area contributed by atoms with E-state index in [1.807, 2.05) is 0 Å². The molecule has 1 aromatic heterocycles.